The highest BCUT2D eigenvalue weighted by molar-refractivity contribution is 7.98. The Bertz CT molecular complexity index is 555. The summed E-state index contributed by atoms with van der Waals surface area (Å²) in [7, 11) is -2.96. The summed E-state index contributed by atoms with van der Waals surface area (Å²) >= 11 is 1.39. The van der Waals surface area contributed by atoms with Gasteiger partial charge in [-0.3, -0.25) is 0 Å². The molecule has 0 bridgehead atoms. The molecule has 106 valence electrons. The zero-order valence-corrected chi connectivity index (χ0v) is 12.4. The van der Waals surface area contributed by atoms with Crippen molar-refractivity contribution in [2.45, 2.75) is 24.0 Å². The number of rotatable bonds is 4. The Morgan fingerprint density at radius 3 is 2.63 bits per heavy atom. The highest BCUT2D eigenvalue weighted by atomic mass is 32.2. The van der Waals surface area contributed by atoms with E-state index >= 15 is 0 Å². The Hall–Kier alpha value is -1.06. The van der Waals surface area contributed by atoms with Gasteiger partial charge in [0.05, 0.1) is 17.0 Å². The van der Waals surface area contributed by atoms with Gasteiger partial charge in [-0.05, 0) is 19.6 Å². The Balaban J connectivity index is 2.23. The fourth-order valence-electron chi connectivity index (χ4n) is 2.07. The zero-order valence-electron chi connectivity index (χ0n) is 10.8. The van der Waals surface area contributed by atoms with E-state index in [9.17, 15) is 8.42 Å². The summed E-state index contributed by atoms with van der Waals surface area (Å²) in [6.07, 6.45) is 2.43. The number of nitrogen functional groups attached to an aromatic ring is 1. The smallest absolute Gasteiger partial charge is 0.191 e. The van der Waals surface area contributed by atoms with Crippen LogP contribution in [0.25, 0.3) is 0 Å². The number of sulfone groups is 1. The van der Waals surface area contributed by atoms with Gasteiger partial charge in [0.15, 0.2) is 15.0 Å². The second-order valence-electron chi connectivity index (χ2n) is 4.80. The lowest BCUT2D eigenvalue weighted by molar-refractivity contribution is 0.571. The van der Waals surface area contributed by atoms with Crippen LogP contribution >= 0.6 is 11.8 Å². The molecule has 0 radical (unpaired) electrons. The third-order valence-corrected chi connectivity index (χ3v) is 5.42. The van der Waals surface area contributed by atoms with E-state index in [4.69, 9.17) is 5.84 Å². The van der Waals surface area contributed by atoms with Gasteiger partial charge in [-0.15, -0.1) is 0 Å². The molecule has 0 aliphatic carbocycles. The Morgan fingerprint density at radius 1 is 1.42 bits per heavy atom. The molecule has 1 saturated heterocycles. The minimum atomic E-state index is -2.96. The molecule has 4 N–H and O–H groups in total. The first kappa shape index (κ1) is 14.4. The number of hydrogen-bond acceptors (Lipinski definition) is 8. The van der Waals surface area contributed by atoms with Crippen molar-refractivity contribution < 1.29 is 8.42 Å². The van der Waals surface area contributed by atoms with Crippen molar-refractivity contribution in [2.24, 2.45) is 5.84 Å². The largest absolute Gasteiger partial charge is 0.364 e. The summed E-state index contributed by atoms with van der Waals surface area (Å²) in [5.41, 5.74) is 1.98. The molecule has 7 nitrogen and oxygen atoms in total. The lowest BCUT2D eigenvalue weighted by Crippen LogP contribution is -2.36. The monoisotopic (exact) mass is 303 g/mol. The lowest BCUT2D eigenvalue weighted by Gasteiger charge is -2.24. The number of nitrogens with zero attached hydrogens (tertiary/aromatic N) is 2. The molecule has 1 aliphatic heterocycles. The van der Waals surface area contributed by atoms with Crippen LogP contribution in [0.4, 0.5) is 11.6 Å². The maximum Gasteiger partial charge on any atom is 0.191 e. The molecule has 0 spiro atoms. The quantitative estimate of drug-likeness (QED) is 0.319. The van der Waals surface area contributed by atoms with Gasteiger partial charge < -0.3 is 10.7 Å². The van der Waals surface area contributed by atoms with Gasteiger partial charge in [-0.1, -0.05) is 11.8 Å². The first-order valence-electron chi connectivity index (χ1n) is 5.74. The molecular formula is C10H17N5O2S2. The zero-order chi connectivity index (χ0) is 14.1. The van der Waals surface area contributed by atoms with Crippen LogP contribution in [0.5, 0.6) is 0 Å². The molecule has 2 heterocycles. The van der Waals surface area contributed by atoms with Crippen molar-refractivity contribution in [1.82, 2.24) is 9.97 Å². The molecule has 9 heteroatoms. The summed E-state index contributed by atoms with van der Waals surface area (Å²) in [6.45, 7) is 1.88. The van der Waals surface area contributed by atoms with Crippen LogP contribution in [0.3, 0.4) is 0 Å². The van der Waals surface area contributed by atoms with Crippen molar-refractivity contribution >= 4 is 33.2 Å². The van der Waals surface area contributed by atoms with E-state index in [1.165, 1.54) is 11.8 Å². The van der Waals surface area contributed by atoms with Crippen LogP contribution < -0.4 is 16.6 Å². The average molecular weight is 303 g/mol. The Morgan fingerprint density at radius 2 is 2.11 bits per heavy atom. The molecule has 0 amide bonds. The minimum absolute atomic E-state index is 0.115. The number of thioether (sulfide) groups is 1. The van der Waals surface area contributed by atoms with E-state index < -0.39 is 15.4 Å². The molecule has 1 aromatic heterocycles. The molecular weight excluding hydrogens is 286 g/mol. The average Bonchev–Trinajstić information content (AvgIpc) is 2.62. The van der Waals surface area contributed by atoms with Crippen LogP contribution in [0.2, 0.25) is 0 Å². The summed E-state index contributed by atoms with van der Waals surface area (Å²) in [5.74, 6) is 6.74. The summed E-state index contributed by atoms with van der Waals surface area (Å²) in [6, 6.07) is 1.66. The molecule has 0 aromatic carbocycles. The summed E-state index contributed by atoms with van der Waals surface area (Å²) in [5, 5.41) is 3.75. The Kier molecular flexibility index (Phi) is 3.88. The van der Waals surface area contributed by atoms with Crippen molar-refractivity contribution in [3.8, 4) is 0 Å². The maximum absolute atomic E-state index is 11.6. The predicted molar refractivity (Wildman–Crippen MR) is 76.9 cm³/mol. The maximum atomic E-state index is 11.6. The van der Waals surface area contributed by atoms with Crippen LogP contribution in [0, 0.1) is 0 Å². The molecule has 1 fully saturated rings. The van der Waals surface area contributed by atoms with Crippen LogP contribution in [-0.4, -0.2) is 41.7 Å². The van der Waals surface area contributed by atoms with Gasteiger partial charge in [0.2, 0.25) is 0 Å². The highest BCUT2D eigenvalue weighted by Crippen LogP contribution is 2.28. The number of hydrogen-bond donors (Lipinski definition) is 3. The van der Waals surface area contributed by atoms with Crippen LogP contribution in [-0.2, 0) is 9.84 Å². The molecule has 19 heavy (non-hydrogen) atoms. The first-order valence-corrected chi connectivity index (χ1v) is 8.79. The van der Waals surface area contributed by atoms with Gasteiger partial charge in [-0.25, -0.2) is 24.2 Å². The third kappa shape index (κ3) is 3.48. The summed E-state index contributed by atoms with van der Waals surface area (Å²) < 4.78 is 23.1. The van der Waals surface area contributed by atoms with Crippen molar-refractivity contribution in [1.29, 1.82) is 0 Å². The normalized spacial score (nSPS) is 25.2. The Labute approximate surface area is 116 Å². The number of anilines is 2. The molecule has 1 aliphatic rings. The second kappa shape index (κ2) is 5.14. The van der Waals surface area contributed by atoms with Gasteiger partial charge in [0.1, 0.15) is 11.6 Å². The number of hydrazine groups is 1. The standard InChI is InChI=1S/C10H17N5O2S2/c1-10(3-4-19(16,17)6-10)14-7-5-8(15-11)13-9(12-7)18-2/h5H,3-4,6,11H2,1-2H3,(H2,12,13,14,15). The summed E-state index contributed by atoms with van der Waals surface area (Å²) in [4.78, 5) is 8.46. The predicted octanol–water partition coefficient (Wildman–Crippen LogP) is 0.473. The van der Waals surface area contributed by atoms with Gasteiger partial charge in [0, 0.05) is 6.07 Å². The van der Waals surface area contributed by atoms with E-state index in [2.05, 4.69) is 20.7 Å². The molecule has 0 saturated carbocycles. The fourth-order valence-corrected chi connectivity index (χ4v) is 4.55. The number of aromatic nitrogens is 2. The molecule has 1 unspecified atom stereocenters. The van der Waals surface area contributed by atoms with Gasteiger partial charge in [0.25, 0.3) is 0 Å². The van der Waals surface area contributed by atoms with Gasteiger partial charge >= 0.3 is 0 Å². The van der Waals surface area contributed by atoms with Crippen molar-refractivity contribution in [3.63, 3.8) is 0 Å². The first-order chi connectivity index (χ1) is 8.86. The second-order valence-corrected chi connectivity index (χ2v) is 7.75. The minimum Gasteiger partial charge on any atom is -0.364 e. The molecule has 1 aromatic rings. The molecule has 2 rings (SSSR count). The lowest BCUT2D eigenvalue weighted by atomic mass is 10.0. The molecule has 1 atom stereocenters. The topological polar surface area (TPSA) is 110 Å². The number of nitrogens with one attached hydrogen (secondary N) is 2. The fraction of sp³-hybridized carbons (Fsp3) is 0.600. The van der Waals surface area contributed by atoms with Crippen LogP contribution in [0.1, 0.15) is 13.3 Å². The van der Waals surface area contributed by atoms with E-state index in [1.807, 2.05) is 13.2 Å². The number of nitrogens with two attached hydrogens (primary N) is 1. The van der Waals surface area contributed by atoms with Crippen molar-refractivity contribution in [2.75, 3.05) is 28.5 Å². The van der Waals surface area contributed by atoms with E-state index in [-0.39, 0.29) is 11.5 Å². The van der Waals surface area contributed by atoms with Crippen molar-refractivity contribution in [3.05, 3.63) is 6.07 Å². The highest BCUT2D eigenvalue weighted by Gasteiger charge is 2.38. The van der Waals surface area contributed by atoms with E-state index in [0.717, 1.165) is 0 Å². The third-order valence-electron chi connectivity index (χ3n) is 2.97. The van der Waals surface area contributed by atoms with Crippen LogP contribution in [0.15, 0.2) is 11.2 Å². The SMILES string of the molecule is CSc1nc(NN)cc(NC2(C)CCS(=O)(=O)C2)n1. The van der Waals surface area contributed by atoms with E-state index in [0.29, 0.717) is 23.2 Å². The van der Waals surface area contributed by atoms with E-state index in [1.54, 1.807) is 6.07 Å². The van der Waals surface area contributed by atoms with Gasteiger partial charge in [-0.2, -0.15) is 0 Å².